The first-order chi connectivity index (χ1) is 8.24. The molecule has 5 heteroatoms. The molecule has 0 bridgehead atoms. The number of anilines is 1. The molecule has 0 saturated carbocycles. The van der Waals surface area contributed by atoms with E-state index in [1.807, 2.05) is 30.3 Å². The van der Waals surface area contributed by atoms with Crippen LogP contribution < -0.4 is 5.73 Å². The number of hydrogen-bond donors (Lipinski definition) is 1. The Morgan fingerprint density at radius 1 is 1.11 bits per heavy atom. The average molecular weight is 261 g/mol. The van der Waals surface area contributed by atoms with Gasteiger partial charge in [-0.15, -0.1) is 17.5 Å². The highest BCUT2D eigenvalue weighted by atomic mass is 35.5. The Labute approximate surface area is 111 Å². The molecule has 1 aromatic heterocycles. The minimum absolute atomic E-state index is 0. The number of aryl methyl sites for hydroxylation is 1. The second-order valence-electron chi connectivity index (χ2n) is 4.09. The van der Waals surface area contributed by atoms with E-state index < -0.39 is 0 Å². The fourth-order valence-corrected chi connectivity index (χ4v) is 1.89. The highest BCUT2D eigenvalue weighted by molar-refractivity contribution is 5.85. The fourth-order valence-electron chi connectivity index (χ4n) is 1.89. The maximum absolute atomic E-state index is 5.79. The lowest BCUT2D eigenvalue weighted by molar-refractivity contribution is 0.823. The summed E-state index contributed by atoms with van der Waals surface area (Å²) in [7, 11) is 0. The van der Waals surface area contributed by atoms with Gasteiger partial charge in [0.05, 0.1) is 11.2 Å². The summed E-state index contributed by atoms with van der Waals surface area (Å²) in [6.07, 6.45) is 0. The molecule has 3 aromatic rings. The maximum Gasteiger partial charge on any atom is 0.113 e. The number of fused-ring (bicyclic) bond motifs is 1. The van der Waals surface area contributed by atoms with Crippen LogP contribution in [0.5, 0.6) is 0 Å². The average Bonchev–Trinajstić information content (AvgIpc) is 2.71. The van der Waals surface area contributed by atoms with Crippen molar-refractivity contribution in [1.29, 1.82) is 0 Å². The van der Waals surface area contributed by atoms with Crippen LogP contribution in [-0.4, -0.2) is 15.0 Å². The molecule has 2 aromatic carbocycles. The summed E-state index contributed by atoms with van der Waals surface area (Å²) < 4.78 is 1.80. The van der Waals surface area contributed by atoms with Gasteiger partial charge in [0.2, 0.25) is 0 Å². The number of nitrogens with zero attached hydrogens (tertiary/aromatic N) is 3. The van der Waals surface area contributed by atoms with E-state index in [-0.39, 0.29) is 12.4 Å². The van der Waals surface area contributed by atoms with E-state index in [2.05, 4.69) is 29.4 Å². The van der Waals surface area contributed by atoms with Gasteiger partial charge in [-0.1, -0.05) is 17.3 Å². The van der Waals surface area contributed by atoms with E-state index in [9.17, 15) is 0 Å². The van der Waals surface area contributed by atoms with E-state index in [4.69, 9.17) is 5.73 Å². The van der Waals surface area contributed by atoms with Gasteiger partial charge in [0.1, 0.15) is 5.52 Å². The SMILES string of the molecule is Cc1cccc(-n2nnc3ccc(N)cc32)c1.Cl. The first-order valence-electron chi connectivity index (χ1n) is 5.42. The second kappa shape index (κ2) is 4.66. The Bertz CT molecular complexity index is 690. The smallest absolute Gasteiger partial charge is 0.113 e. The molecule has 0 spiro atoms. The summed E-state index contributed by atoms with van der Waals surface area (Å²) in [4.78, 5) is 0. The van der Waals surface area contributed by atoms with Crippen molar-refractivity contribution in [1.82, 2.24) is 15.0 Å². The first kappa shape index (κ1) is 12.4. The number of hydrogen-bond acceptors (Lipinski definition) is 3. The molecule has 0 aliphatic rings. The zero-order valence-electron chi connectivity index (χ0n) is 9.87. The largest absolute Gasteiger partial charge is 0.399 e. The third-order valence-electron chi connectivity index (χ3n) is 2.72. The van der Waals surface area contributed by atoms with Crippen LogP contribution in [0.1, 0.15) is 5.56 Å². The first-order valence-corrected chi connectivity index (χ1v) is 5.42. The lowest BCUT2D eigenvalue weighted by Gasteiger charge is -2.03. The van der Waals surface area contributed by atoms with Crippen molar-refractivity contribution in [2.45, 2.75) is 6.92 Å². The fraction of sp³-hybridized carbons (Fsp3) is 0.0769. The Morgan fingerprint density at radius 2 is 1.94 bits per heavy atom. The number of halogens is 1. The highest BCUT2D eigenvalue weighted by Crippen LogP contribution is 2.19. The van der Waals surface area contributed by atoms with Crippen LogP contribution in [0.3, 0.4) is 0 Å². The molecule has 0 aliphatic carbocycles. The zero-order valence-corrected chi connectivity index (χ0v) is 10.7. The Balaban J connectivity index is 0.00000120. The lowest BCUT2D eigenvalue weighted by atomic mass is 10.2. The molecule has 18 heavy (non-hydrogen) atoms. The summed E-state index contributed by atoms with van der Waals surface area (Å²) in [5, 5.41) is 8.28. The van der Waals surface area contributed by atoms with Crippen LogP contribution in [-0.2, 0) is 0 Å². The topological polar surface area (TPSA) is 56.7 Å². The number of benzene rings is 2. The van der Waals surface area contributed by atoms with Crippen LogP contribution in [0.2, 0.25) is 0 Å². The third-order valence-corrected chi connectivity index (χ3v) is 2.72. The molecule has 0 fully saturated rings. The van der Waals surface area contributed by atoms with Gasteiger partial charge in [-0.3, -0.25) is 0 Å². The second-order valence-corrected chi connectivity index (χ2v) is 4.09. The standard InChI is InChI=1S/C13H12N4.ClH/c1-9-3-2-4-11(7-9)17-13-8-10(14)5-6-12(13)15-16-17;/h2-8H,14H2,1H3;1H. The molecular formula is C13H13ClN4. The van der Waals surface area contributed by atoms with Crippen molar-refractivity contribution >= 4 is 29.1 Å². The molecule has 0 aliphatic heterocycles. The van der Waals surface area contributed by atoms with E-state index >= 15 is 0 Å². The molecular weight excluding hydrogens is 248 g/mol. The summed E-state index contributed by atoms with van der Waals surface area (Å²) in [6.45, 7) is 2.05. The van der Waals surface area contributed by atoms with Gasteiger partial charge in [-0.2, -0.15) is 0 Å². The van der Waals surface area contributed by atoms with Gasteiger partial charge in [0.15, 0.2) is 0 Å². The predicted octanol–water partition coefficient (Wildman–Crippen LogP) is 2.73. The molecule has 0 unspecified atom stereocenters. The quantitative estimate of drug-likeness (QED) is 0.685. The summed E-state index contributed by atoms with van der Waals surface area (Å²) in [6, 6.07) is 13.7. The molecule has 1 heterocycles. The molecule has 3 rings (SSSR count). The van der Waals surface area contributed by atoms with Gasteiger partial charge in [0.25, 0.3) is 0 Å². The minimum Gasteiger partial charge on any atom is -0.399 e. The molecule has 0 saturated heterocycles. The van der Waals surface area contributed by atoms with Gasteiger partial charge in [0, 0.05) is 5.69 Å². The van der Waals surface area contributed by atoms with Gasteiger partial charge < -0.3 is 5.73 Å². The molecule has 2 N–H and O–H groups in total. The van der Waals surface area contributed by atoms with Crippen LogP contribution in [0, 0.1) is 6.92 Å². The third kappa shape index (κ3) is 2.02. The summed E-state index contributed by atoms with van der Waals surface area (Å²) in [5.74, 6) is 0. The number of nitrogen functional groups attached to an aromatic ring is 1. The van der Waals surface area contributed by atoms with Gasteiger partial charge >= 0.3 is 0 Å². The minimum atomic E-state index is 0. The Kier molecular flexibility index (Phi) is 3.21. The van der Waals surface area contributed by atoms with E-state index in [0.717, 1.165) is 16.7 Å². The molecule has 4 nitrogen and oxygen atoms in total. The van der Waals surface area contributed by atoms with Crippen molar-refractivity contribution in [3.05, 3.63) is 48.0 Å². The number of nitrogens with two attached hydrogens (primary N) is 1. The molecule has 0 amide bonds. The van der Waals surface area contributed by atoms with Crippen LogP contribution in [0.25, 0.3) is 16.7 Å². The lowest BCUT2D eigenvalue weighted by Crippen LogP contribution is -1.97. The van der Waals surface area contributed by atoms with Crippen LogP contribution >= 0.6 is 12.4 Å². The maximum atomic E-state index is 5.79. The summed E-state index contributed by atoms with van der Waals surface area (Å²) >= 11 is 0. The van der Waals surface area contributed by atoms with E-state index in [1.165, 1.54) is 5.56 Å². The van der Waals surface area contributed by atoms with Crippen LogP contribution in [0.4, 0.5) is 5.69 Å². The van der Waals surface area contributed by atoms with Crippen molar-refractivity contribution < 1.29 is 0 Å². The normalized spacial score (nSPS) is 10.3. The monoisotopic (exact) mass is 260 g/mol. The van der Waals surface area contributed by atoms with Gasteiger partial charge in [-0.05, 0) is 42.8 Å². The van der Waals surface area contributed by atoms with Crippen molar-refractivity contribution in [3.8, 4) is 5.69 Å². The van der Waals surface area contributed by atoms with E-state index in [0.29, 0.717) is 5.69 Å². The predicted molar refractivity (Wildman–Crippen MR) is 75.3 cm³/mol. The van der Waals surface area contributed by atoms with Crippen molar-refractivity contribution in [3.63, 3.8) is 0 Å². The van der Waals surface area contributed by atoms with E-state index in [1.54, 1.807) is 4.68 Å². The number of rotatable bonds is 1. The Hall–Kier alpha value is -2.07. The molecule has 92 valence electrons. The zero-order chi connectivity index (χ0) is 11.8. The van der Waals surface area contributed by atoms with Crippen molar-refractivity contribution in [2.24, 2.45) is 0 Å². The van der Waals surface area contributed by atoms with Gasteiger partial charge in [-0.25, -0.2) is 4.68 Å². The van der Waals surface area contributed by atoms with Crippen molar-refractivity contribution in [2.75, 3.05) is 5.73 Å². The number of aromatic nitrogens is 3. The molecule has 0 radical (unpaired) electrons. The summed E-state index contributed by atoms with van der Waals surface area (Å²) in [5.41, 5.74) is 10.5. The highest BCUT2D eigenvalue weighted by Gasteiger charge is 2.06. The Morgan fingerprint density at radius 3 is 2.72 bits per heavy atom. The molecule has 0 atom stereocenters. The van der Waals surface area contributed by atoms with Crippen LogP contribution in [0.15, 0.2) is 42.5 Å².